The van der Waals surface area contributed by atoms with Gasteiger partial charge in [0.25, 0.3) is 0 Å². The molecular weight excluding hydrogens is 157 g/mol. The summed E-state index contributed by atoms with van der Waals surface area (Å²) in [7, 11) is 0. The molecule has 0 aliphatic heterocycles. The van der Waals surface area contributed by atoms with Crippen molar-refractivity contribution in [2.45, 2.75) is 32.5 Å². The second kappa shape index (κ2) is 5.76. The second-order valence-corrected chi connectivity index (χ2v) is 2.71. The van der Waals surface area contributed by atoms with Crippen LogP contribution in [0.1, 0.15) is 26.2 Å². The lowest BCUT2D eigenvalue weighted by Gasteiger charge is -2.04. The molecule has 0 aromatic carbocycles. The Morgan fingerprint density at radius 1 is 1.80 bits per heavy atom. The Morgan fingerprint density at radius 2 is 2.40 bits per heavy atom. The number of alkyl halides is 1. The van der Waals surface area contributed by atoms with Gasteiger partial charge < -0.3 is 0 Å². The quantitative estimate of drug-likeness (QED) is 0.480. The zero-order valence-corrected chi connectivity index (χ0v) is 6.66. The number of rotatable bonds is 5. The van der Waals surface area contributed by atoms with Gasteiger partial charge in [0.1, 0.15) is 0 Å². The molecule has 0 aromatic rings. The van der Waals surface area contributed by atoms with Gasteiger partial charge in [-0.2, -0.15) is 4.72 Å². The summed E-state index contributed by atoms with van der Waals surface area (Å²) in [5.41, 5.74) is 0. The van der Waals surface area contributed by atoms with Crippen LogP contribution >= 0.6 is 0 Å². The highest BCUT2D eigenvalue weighted by atomic mass is 32.2. The first-order chi connectivity index (χ1) is 4.66. The van der Waals surface area contributed by atoms with Crippen molar-refractivity contribution in [3.05, 3.63) is 0 Å². The summed E-state index contributed by atoms with van der Waals surface area (Å²) in [5, 5.41) is 0. The van der Waals surface area contributed by atoms with E-state index in [1.54, 1.807) is 0 Å². The van der Waals surface area contributed by atoms with Crippen LogP contribution in [-0.4, -0.2) is 15.1 Å². The van der Waals surface area contributed by atoms with Crippen LogP contribution in [0.25, 0.3) is 0 Å². The summed E-state index contributed by atoms with van der Waals surface area (Å²) in [4.78, 5) is 0. The van der Waals surface area contributed by atoms with Crippen molar-refractivity contribution in [1.82, 2.24) is 4.72 Å². The van der Waals surface area contributed by atoms with Crippen molar-refractivity contribution in [3.8, 4) is 0 Å². The maximum absolute atomic E-state index is 12.4. The lowest BCUT2D eigenvalue weighted by Crippen LogP contribution is -2.26. The Bertz CT molecular complexity index is 112. The molecule has 0 bridgehead atoms. The predicted molar refractivity (Wildman–Crippen MR) is 38.3 cm³/mol. The number of unbranched alkanes of at least 4 members (excludes halogenated alkanes) is 1. The SMILES string of the molecule is CCCCC(F)NS(=O)O. The number of halogens is 1. The molecule has 5 heteroatoms. The molecule has 10 heavy (non-hydrogen) atoms. The van der Waals surface area contributed by atoms with Crippen LogP contribution in [0.2, 0.25) is 0 Å². The third-order valence-corrected chi connectivity index (χ3v) is 1.50. The van der Waals surface area contributed by atoms with Gasteiger partial charge >= 0.3 is 0 Å². The van der Waals surface area contributed by atoms with Crippen LogP contribution < -0.4 is 4.72 Å². The summed E-state index contributed by atoms with van der Waals surface area (Å²) in [6.07, 6.45) is 0.555. The van der Waals surface area contributed by atoms with Crippen LogP contribution in [0, 0.1) is 0 Å². The topological polar surface area (TPSA) is 49.3 Å². The second-order valence-electron chi connectivity index (χ2n) is 1.98. The molecule has 0 radical (unpaired) electrons. The lowest BCUT2D eigenvalue weighted by atomic mass is 10.2. The Kier molecular flexibility index (Phi) is 5.76. The third-order valence-electron chi connectivity index (χ3n) is 1.04. The van der Waals surface area contributed by atoms with Crippen molar-refractivity contribution in [1.29, 1.82) is 0 Å². The van der Waals surface area contributed by atoms with E-state index >= 15 is 0 Å². The first-order valence-corrected chi connectivity index (χ1v) is 4.28. The van der Waals surface area contributed by atoms with E-state index < -0.39 is 17.6 Å². The van der Waals surface area contributed by atoms with Gasteiger partial charge in [-0.3, -0.25) is 4.55 Å². The van der Waals surface area contributed by atoms with E-state index in [4.69, 9.17) is 4.55 Å². The Morgan fingerprint density at radius 3 is 2.80 bits per heavy atom. The molecule has 0 spiro atoms. The first kappa shape index (κ1) is 10.0. The van der Waals surface area contributed by atoms with Crippen LogP contribution in [-0.2, 0) is 11.3 Å². The standard InChI is InChI=1S/C5H12FNO2S/c1-2-3-4-5(6)7-10(8)9/h5,7H,2-4H2,1H3,(H,8,9). The van der Waals surface area contributed by atoms with Gasteiger partial charge in [-0.25, -0.2) is 8.60 Å². The molecule has 0 aliphatic carbocycles. The minimum absolute atomic E-state index is 0.294. The van der Waals surface area contributed by atoms with Crippen LogP contribution in [0.5, 0.6) is 0 Å². The fraction of sp³-hybridized carbons (Fsp3) is 1.00. The highest BCUT2D eigenvalue weighted by Crippen LogP contribution is 2.00. The van der Waals surface area contributed by atoms with E-state index in [0.29, 0.717) is 6.42 Å². The predicted octanol–water partition coefficient (Wildman–Crippen LogP) is 1.20. The molecule has 0 heterocycles. The van der Waals surface area contributed by atoms with Gasteiger partial charge in [0.2, 0.25) is 11.3 Å². The number of hydrogen-bond donors (Lipinski definition) is 2. The molecule has 0 saturated carbocycles. The van der Waals surface area contributed by atoms with Crippen molar-refractivity contribution < 1.29 is 13.2 Å². The normalized spacial score (nSPS) is 16.7. The average molecular weight is 169 g/mol. The van der Waals surface area contributed by atoms with Gasteiger partial charge in [-0.05, 0) is 12.8 Å². The summed E-state index contributed by atoms with van der Waals surface area (Å²) in [6.45, 7) is 1.93. The van der Waals surface area contributed by atoms with E-state index in [9.17, 15) is 8.60 Å². The molecular formula is C5H12FNO2S. The van der Waals surface area contributed by atoms with Gasteiger partial charge in [0, 0.05) is 0 Å². The molecule has 0 amide bonds. The molecule has 0 aliphatic rings. The van der Waals surface area contributed by atoms with Crippen molar-refractivity contribution in [3.63, 3.8) is 0 Å². The highest BCUT2D eigenvalue weighted by Gasteiger charge is 2.05. The molecule has 62 valence electrons. The summed E-state index contributed by atoms with van der Waals surface area (Å²) < 4.78 is 32.3. The Labute approximate surface area is 62.4 Å². The maximum Gasteiger partial charge on any atom is 0.234 e. The number of hydrogen-bond acceptors (Lipinski definition) is 1. The monoisotopic (exact) mass is 169 g/mol. The minimum Gasteiger partial charge on any atom is -0.294 e. The van der Waals surface area contributed by atoms with E-state index in [1.807, 2.05) is 11.6 Å². The summed E-state index contributed by atoms with van der Waals surface area (Å²) >= 11 is -2.22. The molecule has 2 unspecified atom stereocenters. The fourth-order valence-corrected chi connectivity index (χ4v) is 0.888. The van der Waals surface area contributed by atoms with Crippen LogP contribution in [0.3, 0.4) is 0 Å². The Hall–Kier alpha value is -0.0000000000000000486. The molecule has 0 rings (SSSR count). The fourth-order valence-electron chi connectivity index (χ4n) is 0.552. The first-order valence-electron chi connectivity index (χ1n) is 3.18. The minimum atomic E-state index is -2.22. The lowest BCUT2D eigenvalue weighted by molar-refractivity contribution is 0.288. The molecule has 0 fully saturated rings. The van der Waals surface area contributed by atoms with E-state index in [2.05, 4.69) is 0 Å². The van der Waals surface area contributed by atoms with Crippen molar-refractivity contribution >= 4 is 11.3 Å². The van der Waals surface area contributed by atoms with Crippen LogP contribution in [0.15, 0.2) is 0 Å². The Balaban J connectivity index is 3.25. The van der Waals surface area contributed by atoms with Gasteiger partial charge in [0.05, 0.1) is 0 Å². The molecule has 0 saturated heterocycles. The van der Waals surface area contributed by atoms with E-state index in [-0.39, 0.29) is 0 Å². The zero-order chi connectivity index (χ0) is 7.98. The van der Waals surface area contributed by atoms with E-state index in [0.717, 1.165) is 12.8 Å². The largest absolute Gasteiger partial charge is 0.294 e. The van der Waals surface area contributed by atoms with Gasteiger partial charge in [-0.1, -0.05) is 13.3 Å². The average Bonchev–Trinajstić information content (AvgIpc) is 1.82. The van der Waals surface area contributed by atoms with Gasteiger partial charge in [-0.15, -0.1) is 0 Å². The third kappa shape index (κ3) is 6.12. The summed E-state index contributed by atoms with van der Waals surface area (Å²) in [5.74, 6) is 0. The number of nitrogens with one attached hydrogen (secondary N) is 1. The molecule has 2 N–H and O–H groups in total. The van der Waals surface area contributed by atoms with Crippen molar-refractivity contribution in [2.24, 2.45) is 0 Å². The molecule has 2 atom stereocenters. The maximum atomic E-state index is 12.4. The van der Waals surface area contributed by atoms with Crippen LogP contribution in [0.4, 0.5) is 4.39 Å². The molecule has 0 aromatic heterocycles. The summed E-state index contributed by atoms with van der Waals surface area (Å²) in [6, 6.07) is 0. The van der Waals surface area contributed by atoms with E-state index in [1.165, 1.54) is 0 Å². The highest BCUT2D eigenvalue weighted by molar-refractivity contribution is 7.77. The van der Waals surface area contributed by atoms with Gasteiger partial charge in [0.15, 0.2) is 6.30 Å². The zero-order valence-electron chi connectivity index (χ0n) is 5.84. The smallest absolute Gasteiger partial charge is 0.234 e. The molecule has 3 nitrogen and oxygen atoms in total. The van der Waals surface area contributed by atoms with Crippen molar-refractivity contribution in [2.75, 3.05) is 0 Å².